The van der Waals surface area contributed by atoms with Gasteiger partial charge in [0.1, 0.15) is 19.0 Å². The molecule has 7 nitrogen and oxygen atoms in total. The Labute approximate surface area is 200 Å². The molecule has 180 valence electrons. The van der Waals surface area contributed by atoms with Crippen LogP contribution in [0.15, 0.2) is 83.8 Å². The fraction of sp³-hybridized carbons (Fsp3) is 0.231. The van der Waals surface area contributed by atoms with E-state index < -0.39 is 27.0 Å². The molecular formula is C26H28O7S. The highest BCUT2D eigenvalue weighted by atomic mass is 32.2. The van der Waals surface area contributed by atoms with Gasteiger partial charge in [-0.2, -0.15) is 0 Å². The Hall–Kier alpha value is -3.65. The van der Waals surface area contributed by atoms with E-state index in [-0.39, 0.29) is 18.1 Å². The first-order chi connectivity index (χ1) is 16.3. The lowest BCUT2D eigenvalue weighted by Gasteiger charge is -2.15. The average Bonchev–Trinajstić information content (AvgIpc) is 2.82. The third-order valence-electron chi connectivity index (χ3n) is 4.60. The molecule has 0 N–H and O–H groups in total. The van der Waals surface area contributed by atoms with E-state index in [0.29, 0.717) is 5.75 Å². The number of methoxy groups -OCH3 is 1. The van der Waals surface area contributed by atoms with Crippen molar-refractivity contribution in [3.05, 3.63) is 90.0 Å². The lowest BCUT2D eigenvalue weighted by Crippen LogP contribution is -2.40. The molecule has 0 aliphatic heterocycles. The highest BCUT2D eigenvalue weighted by Crippen LogP contribution is 2.20. The van der Waals surface area contributed by atoms with Crippen LogP contribution in [0.2, 0.25) is 0 Å². The zero-order chi connectivity index (χ0) is 25.0. The Kier molecular flexibility index (Phi) is 10.3. The minimum atomic E-state index is -4.39. The summed E-state index contributed by atoms with van der Waals surface area (Å²) in [6, 6.07) is 13.0. The highest BCUT2D eigenvalue weighted by Gasteiger charge is 2.43. The predicted octanol–water partition coefficient (Wildman–Crippen LogP) is 4.08. The molecule has 2 rings (SSSR count). The number of sulfone groups is 1. The summed E-state index contributed by atoms with van der Waals surface area (Å²) in [4.78, 5) is 25.2. The lowest BCUT2D eigenvalue weighted by atomic mass is 10.2. The van der Waals surface area contributed by atoms with Crippen LogP contribution in [0.3, 0.4) is 0 Å². The van der Waals surface area contributed by atoms with Crippen molar-refractivity contribution in [2.24, 2.45) is 0 Å². The van der Waals surface area contributed by atoms with Gasteiger partial charge in [-0.3, -0.25) is 0 Å². The molecule has 0 saturated heterocycles. The number of allylic oxidation sites excluding steroid dienone is 3. The van der Waals surface area contributed by atoms with Crippen LogP contribution in [0, 0.1) is 6.92 Å². The summed E-state index contributed by atoms with van der Waals surface area (Å²) >= 11 is 0. The largest absolute Gasteiger partial charge is 0.497 e. The second kappa shape index (κ2) is 13.2. The molecule has 0 amide bonds. The lowest BCUT2D eigenvalue weighted by molar-refractivity contribution is -0.152. The topological polar surface area (TPSA) is 96.0 Å². The Morgan fingerprint density at radius 1 is 0.882 bits per heavy atom. The number of carbonyl (C=O) groups is 2. The van der Waals surface area contributed by atoms with E-state index in [9.17, 15) is 18.0 Å². The maximum Gasteiger partial charge on any atom is 0.336 e. The SMILES string of the molecule is C/C=C/C=C/COC(=O)C(C(=O)OC/C=C/c1ccc(OC)cc1)S(=O)(=O)c1ccc(C)cc1. The van der Waals surface area contributed by atoms with Gasteiger partial charge in [-0.15, -0.1) is 0 Å². The van der Waals surface area contributed by atoms with Gasteiger partial charge in [0.15, 0.2) is 0 Å². The van der Waals surface area contributed by atoms with E-state index in [2.05, 4.69) is 0 Å². The molecule has 0 aliphatic carbocycles. The quantitative estimate of drug-likeness (QED) is 0.269. The van der Waals surface area contributed by atoms with Crippen LogP contribution in [0.25, 0.3) is 6.08 Å². The maximum atomic E-state index is 13.1. The molecule has 0 fully saturated rings. The van der Waals surface area contributed by atoms with Crippen LogP contribution in [0.4, 0.5) is 0 Å². The number of aryl methyl sites for hydroxylation is 1. The normalized spacial score (nSPS) is 12.8. The molecule has 2 aromatic rings. The zero-order valence-corrected chi connectivity index (χ0v) is 20.2. The number of rotatable bonds is 11. The summed E-state index contributed by atoms with van der Waals surface area (Å²) in [5.41, 5.74) is 1.66. The first-order valence-electron chi connectivity index (χ1n) is 10.5. The van der Waals surface area contributed by atoms with Gasteiger partial charge in [0, 0.05) is 0 Å². The molecule has 0 radical (unpaired) electrons. The molecule has 2 aromatic carbocycles. The number of esters is 2. The minimum absolute atomic E-state index is 0.171. The number of ether oxygens (including phenoxy) is 3. The Morgan fingerprint density at radius 3 is 2.03 bits per heavy atom. The van der Waals surface area contributed by atoms with E-state index in [1.54, 1.807) is 80.8 Å². The van der Waals surface area contributed by atoms with E-state index in [1.807, 2.05) is 6.92 Å². The third kappa shape index (κ3) is 7.74. The zero-order valence-electron chi connectivity index (χ0n) is 19.3. The van der Waals surface area contributed by atoms with E-state index >= 15 is 0 Å². The van der Waals surface area contributed by atoms with Crippen LogP contribution in [-0.4, -0.2) is 45.9 Å². The van der Waals surface area contributed by atoms with Crippen LogP contribution >= 0.6 is 0 Å². The summed E-state index contributed by atoms with van der Waals surface area (Å²) in [6.45, 7) is 3.20. The second-order valence-electron chi connectivity index (χ2n) is 7.13. The van der Waals surface area contributed by atoms with Crippen LogP contribution < -0.4 is 4.74 Å². The summed E-state index contributed by atoms with van der Waals surface area (Å²) in [5.74, 6) is -1.70. The summed E-state index contributed by atoms with van der Waals surface area (Å²) in [6.07, 6.45) is 9.90. The highest BCUT2D eigenvalue weighted by molar-refractivity contribution is 7.93. The van der Waals surface area contributed by atoms with Crippen LogP contribution in [-0.2, 0) is 28.9 Å². The predicted molar refractivity (Wildman–Crippen MR) is 130 cm³/mol. The van der Waals surface area contributed by atoms with Gasteiger partial charge in [0.05, 0.1) is 12.0 Å². The second-order valence-corrected chi connectivity index (χ2v) is 9.16. The molecular weight excluding hydrogens is 456 g/mol. The number of carbonyl (C=O) groups excluding carboxylic acids is 2. The van der Waals surface area contributed by atoms with Crippen LogP contribution in [0.5, 0.6) is 5.75 Å². The molecule has 0 bridgehead atoms. The number of benzene rings is 2. The first kappa shape index (κ1) is 26.6. The Morgan fingerprint density at radius 2 is 1.47 bits per heavy atom. The smallest absolute Gasteiger partial charge is 0.336 e. The fourth-order valence-electron chi connectivity index (χ4n) is 2.77. The number of hydrogen-bond donors (Lipinski definition) is 0. The summed E-state index contributed by atoms with van der Waals surface area (Å²) in [5, 5.41) is -2.14. The van der Waals surface area contributed by atoms with Gasteiger partial charge >= 0.3 is 11.9 Å². The van der Waals surface area contributed by atoms with Gasteiger partial charge in [0.25, 0.3) is 5.25 Å². The maximum absolute atomic E-state index is 13.1. The molecule has 8 heteroatoms. The first-order valence-corrected chi connectivity index (χ1v) is 12.1. The Balaban J connectivity index is 2.16. The molecule has 0 aromatic heterocycles. The van der Waals surface area contributed by atoms with E-state index in [4.69, 9.17) is 14.2 Å². The molecule has 1 unspecified atom stereocenters. The van der Waals surface area contributed by atoms with Crippen molar-refractivity contribution >= 4 is 27.9 Å². The van der Waals surface area contributed by atoms with Gasteiger partial charge in [-0.05, 0) is 55.8 Å². The van der Waals surface area contributed by atoms with Crippen molar-refractivity contribution in [2.45, 2.75) is 24.0 Å². The van der Waals surface area contributed by atoms with Gasteiger partial charge in [-0.25, -0.2) is 18.0 Å². The van der Waals surface area contributed by atoms with Crippen molar-refractivity contribution in [1.29, 1.82) is 0 Å². The third-order valence-corrected chi connectivity index (χ3v) is 6.53. The van der Waals surface area contributed by atoms with Crippen molar-refractivity contribution in [1.82, 2.24) is 0 Å². The molecule has 0 spiro atoms. The molecule has 0 saturated carbocycles. The molecule has 1 atom stereocenters. The molecule has 0 heterocycles. The monoisotopic (exact) mass is 484 g/mol. The van der Waals surface area contributed by atoms with E-state index in [0.717, 1.165) is 11.1 Å². The summed E-state index contributed by atoms with van der Waals surface area (Å²) < 4.78 is 41.5. The van der Waals surface area contributed by atoms with Crippen molar-refractivity contribution < 1.29 is 32.2 Å². The van der Waals surface area contributed by atoms with Crippen molar-refractivity contribution in [3.8, 4) is 5.75 Å². The fourth-order valence-corrected chi connectivity index (χ4v) is 4.20. The van der Waals surface area contributed by atoms with Gasteiger partial charge in [0.2, 0.25) is 9.84 Å². The molecule has 34 heavy (non-hydrogen) atoms. The number of hydrogen-bond acceptors (Lipinski definition) is 7. The minimum Gasteiger partial charge on any atom is -0.497 e. The van der Waals surface area contributed by atoms with Gasteiger partial charge in [-0.1, -0.05) is 54.1 Å². The molecule has 0 aliphatic rings. The van der Waals surface area contributed by atoms with Crippen molar-refractivity contribution in [3.63, 3.8) is 0 Å². The Bertz CT molecular complexity index is 1140. The average molecular weight is 485 g/mol. The van der Waals surface area contributed by atoms with Crippen molar-refractivity contribution in [2.75, 3.05) is 20.3 Å². The van der Waals surface area contributed by atoms with Crippen LogP contribution in [0.1, 0.15) is 18.1 Å². The standard InChI is InChI=1S/C26H28O7S/c1-4-5-6-7-18-32-25(27)24(34(29,30)23-16-10-20(2)11-17-23)26(28)33-19-8-9-21-12-14-22(31-3)15-13-21/h4-17,24H,18-19H2,1-3H3/b5-4+,7-6+,9-8+. The van der Waals surface area contributed by atoms with Gasteiger partial charge < -0.3 is 14.2 Å². The summed E-state index contributed by atoms with van der Waals surface area (Å²) in [7, 11) is -2.82. The van der Waals surface area contributed by atoms with E-state index in [1.165, 1.54) is 18.2 Å².